The summed E-state index contributed by atoms with van der Waals surface area (Å²) < 4.78 is 19.6. The van der Waals surface area contributed by atoms with Crippen molar-refractivity contribution in [2.75, 3.05) is 17.3 Å². The standard InChI is InChI=1S/C26H24FN3O2/c1-30(18-19-9-3-2-4-10-19)23-14-8-7-13-22(23)29-25(31)15-16-26-28-17-24(32-26)20-11-5-6-12-21(20)27/h2-14,17H,15-16,18H2,1H3,(H,29,31). The zero-order valence-electron chi connectivity index (χ0n) is 17.8. The van der Waals surface area contributed by atoms with Crippen LogP contribution in [0.5, 0.6) is 0 Å². The maximum Gasteiger partial charge on any atom is 0.224 e. The van der Waals surface area contributed by atoms with E-state index < -0.39 is 0 Å². The lowest BCUT2D eigenvalue weighted by molar-refractivity contribution is -0.116. The van der Waals surface area contributed by atoms with Crippen LogP contribution in [0.2, 0.25) is 0 Å². The van der Waals surface area contributed by atoms with Gasteiger partial charge in [0.1, 0.15) is 5.82 Å². The van der Waals surface area contributed by atoms with Gasteiger partial charge in [-0.15, -0.1) is 0 Å². The Morgan fingerprint density at radius 1 is 1.00 bits per heavy atom. The minimum atomic E-state index is -0.371. The van der Waals surface area contributed by atoms with Crippen LogP contribution in [0.25, 0.3) is 11.3 Å². The molecule has 0 unspecified atom stereocenters. The Morgan fingerprint density at radius 3 is 2.53 bits per heavy atom. The van der Waals surface area contributed by atoms with Crippen LogP contribution >= 0.6 is 0 Å². The monoisotopic (exact) mass is 429 g/mol. The number of hydrogen-bond donors (Lipinski definition) is 1. The van der Waals surface area contributed by atoms with Crippen molar-refractivity contribution in [3.63, 3.8) is 0 Å². The van der Waals surface area contributed by atoms with E-state index in [-0.39, 0.29) is 18.1 Å². The van der Waals surface area contributed by atoms with E-state index in [0.29, 0.717) is 23.6 Å². The Hall–Kier alpha value is -3.93. The SMILES string of the molecule is CN(Cc1ccccc1)c1ccccc1NC(=O)CCc1ncc(-c2ccccc2F)o1. The number of nitrogens with one attached hydrogen (secondary N) is 1. The largest absolute Gasteiger partial charge is 0.441 e. The topological polar surface area (TPSA) is 58.4 Å². The van der Waals surface area contributed by atoms with Crippen molar-refractivity contribution >= 4 is 17.3 Å². The summed E-state index contributed by atoms with van der Waals surface area (Å²) >= 11 is 0. The molecule has 1 N–H and O–H groups in total. The molecule has 0 fully saturated rings. The molecule has 5 nitrogen and oxygen atoms in total. The summed E-state index contributed by atoms with van der Waals surface area (Å²) in [6.07, 6.45) is 2.01. The first-order valence-corrected chi connectivity index (χ1v) is 10.4. The summed E-state index contributed by atoms with van der Waals surface area (Å²) in [5, 5.41) is 2.99. The second kappa shape index (κ2) is 9.92. The van der Waals surface area contributed by atoms with Gasteiger partial charge in [-0.2, -0.15) is 0 Å². The summed E-state index contributed by atoms with van der Waals surface area (Å²) in [6, 6.07) is 24.2. The molecule has 1 aromatic heterocycles. The van der Waals surface area contributed by atoms with E-state index in [9.17, 15) is 9.18 Å². The Balaban J connectivity index is 1.37. The van der Waals surface area contributed by atoms with Crippen LogP contribution in [0, 0.1) is 5.82 Å². The van der Waals surface area contributed by atoms with Crippen LogP contribution in [-0.4, -0.2) is 17.9 Å². The number of hydrogen-bond acceptors (Lipinski definition) is 4. The number of amides is 1. The zero-order chi connectivity index (χ0) is 22.3. The number of oxazole rings is 1. The Morgan fingerprint density at radius 2 is 1.72 bits per heavy atom. The van der Waals surface area contributed by atoms with Gasteiger partial charge >= 0.3 is 0 Å². The maximum atomic E-state index is 13.9. The van der Waals surface area contributed by atoms with Gasteiger partial charge in [-0.05, 0) is 29.8 Å². The molecular weight excluding hydrogens is 405 g/mol. The van der Waals surface area contributed by atoms with Gasteiger partial charge in [0.05, 0.1) is 23.1 Å². The van der Waals surface area contributed by atoms with Gasteiger partial charge in [-0.3, -0.25) is 4.79 Å². The van der Waals surface area contributed by atoms with Gasteiger partial charge in [-0.1, -0.05) is 54.6 Å². The molecule has 4 rings (SSSR count). The average Bonchev–Trinajstić information content (AvgIpc) is 3.28. The van der Waals surface area contributed by atoms with Crippen molar-refractivity contribution in [3.8, 4) is 11.3 Å². The predicted octanol–water partition coefficient (Wildman–Crippen LogP) is 5.69. The van der Waals surface area contributed by atoms with Gasteiger partial charge < -0.3 is 14.6 Å². The Bertz CT molecular complexity index is 1190. The summed E-state index contributed by atoms with van der Waals surface area (Å²) in [6.45, 7) is 0.725. The van der Waals surface area contributed by atoms with Gasteiger partial charge in [-0.25, -0.2) is 9.37 Å². The quantitative estimate of drug-likeness (QED) is 0.391. The molecule has 0 aliphatic carbocycles. The van der Waals surface area contributed by atoms with E-state index >= 15 is 0 Å². The minimum absolute atomic E-state index is 0.142. The summed E-state index contributed by atoms with van der Waals surface area (Å²) in [5.74, 6) is 0.236. The zero-order valence-corrected chi connectivity index (χ0v) is 17.8. The molecule has 1 amide bonds. The number of aromatic nitrogens is 1. The van der Waals surface area contributed by atoms with Crippen LogP contribution < -0.4 is 10.2 Å². The van der Waals surface area contributed by atoms with Gasteiger partial charge in [0.15, 0.2) is 11.7 Å². The molecule has 4 aromatic rings. The van der Waals surface area contributed by atoms with E-state index in [1.165, 1.54) is 17.8 Å². The minimum Gasteiger partial charge on any atom is -0.441 e. The second-order valence-electron chi connectivity index (χ2n) is 7.51. The molecule has 3 aromatic carbocycles. The first-order chi connectivity index (χ1) is 15.6. The van der Waals surface area contributed by atoms with Crippen molar-refractivity contribution in [1.29, 1.82) is 0 Å². The molecule has 0 aliphatic rings. The molecule has 0 saturated heterocycles. The number of aryl methyl sites for hydroxylation is 1. The fourth-order valence-electron chi connectivity index (χ4n) is 3.50. The molecule has 0 bridgehead atoms. The molecule has 0 aliphatic heterocycles. The van der Waals surface area contributed by atoms with E-state index in [2.05, 4.69) is 27.3 Å². The number of anilines is 2. The normalized spacial score (nSPS) is 10.7. The van der Waals surface area contributed by atoms with Gasteiger partial charge in [0.2, 0.25) is 5.91 Å². The highest BCUT2D eigenvalue weighted by atomic mass is 19.1. The Kier molecular flexibility index (Phi) is 6.60. The third kappa shape index (κ3) is 5.21. The number of halogens is 1. The van der Waals surface area contributed by atoms with Crippen LogP contribution in [-0.2, 0) is 17.8 Å². The summed E-state index contributed by atoms with van der Waals surface area (Å²) in [5.41, 5.74) is 3.22. The van der Waals surface area contributed by atoms with Crippen molar-refractivity contribution in [2.24, 2.45) is 0 Å². The number of benzene rings is 3. The number of para-hydroxylation sites is 2. The molecule has 0 saturated carbocycles. The lowest BCUT2D eigenvalue weighted by Crippen LogP contribution is -2.20. The van der Waals surface area contributed by atoms with Crippen molar-refractivity contribution in [3.05, 3.63) is 102 Å². The fraction of sp³-hybridized carbons (Fsp3) is 0.154. The highest BCUT2D eigenvalue weighted by molar-refractivity contribution is 5.94. The molecule has 0 radical (unpaired) electrons. The fourth-order valence-corrected chi connectivity index (χ4v) is 3.50. The van der Waals surface area contributed by atoms with Crippen LogP contribution in [0.4, 0.5) is 15.8 Å². The molecule has 0 atom stereocenters. The molecule has 162 valence electrons. The third-order valence-electron chi connectivity index (χ3n) is 5.11. The lowest BCUT2D eigenvalue weighted by Gasteiger charge is -2.22. The highest BCUT2D eigenvalue weighted by Gasteiger charge is 2.14. The summed E-state index contributed by atoms with van der Waals surface area (Å²) in [7, 11) is 2.00. The number of carbonyl (C=O) groups is 1. The number of rotatable bonds is 8. The van der Waals surface area contributed by atoms with Crippen molar-refractivity contribution < 1.29 is 13.6 Å². The Labute approximate surface area is 186 Å². The van der Waals surface area contributed by atoms with Gasteiger partial charge in [0.25, 0.3) is 0 Å². The average molecular weight is 429 g/mol. The second-order valence-corrected chi connectivity index (χ2v) is 7.51. The smallest absolute Gasteiger partial charge is 0.224 e. The molecule has 0 spiro atoms. The van der Waals surface area contributed by atoms with Crippen LogP contribution in [0.3, 0.4) is 0 Å². The molecule has 32 heavy (non-hydrogen) atoms. The molecule has 1 heterocycles. The van der Waals surface area contributed by atoms with Crippen LogP contribution in [0.1, 0.15) is 17.9 Å². The first kappa shape index (κ1) is 21.3. The molecule has 6 heteroatoms. The number of nitrogens with zero attached hydrogens (tertiary/aromatic N) is 2. The van der Waals surface area contributed by atoms with E-state index in [1.54, 1.807) is 18.2 Å². The lowest BCUT2D eigenvalue weighted by atomic mass is 10.2. The first-order valence-electron chi connectivity index (χ1n) is 10.4. The summed E-state index contributed by atoms with van der Waals surface area (Å²) in [4.78, 5) is 18.9. The maximum absolute atomic E-state index is 13.9. The molecular formula is C26H24FN3O2. The van der Waals surface area contributed by atoms with E-state index in [4.69, 9.17) is 4.42 Å². The van der Waals surface area contributed by atoms with E-state index in [0.717, 1.165) is 17.9 Å². The third-order valence-corrected chi connectivity index (χ3v) is 5.11. The van der Waals surface area contributed by atoms with Crippen molar-refractivity contribution in [1.82, 2.24) is 4.98 Å². The number of carbonyl (C=O) groups excluding carboxylic acids is 1. The van der Waals surface area contributed by atoms with Crippen LogP contribution in [0.15, 0.2) is 89.5 Å². The predicted molar refractivity (Wildman–Crippen MR) is 124 cm³/mol. The van der Waals surface area contributed by atoms with Gasteiger partial charge in [0, 0.05) is 26.4 Å². The highest BCUT2D eigenvalue weighted by Crippen LogP contribution is 2.27. The van der Waals surface area contributed by atoms with E-state index in [1.807, 2.05) is 49.5 Å². The van der Waals surface area contributed by atoms with Crippen molar-refractivity contribution in [2.45, 2.75) is 19.4 Å².